The van der Waals surface area contributed by atoms with Gasteiger partial charge in [-0.3, -0.25) is 28.8 Å². The summed E-state index contributed by atoms with van der Waals surface area (Å²) in [5.41, 5.74) is 2.90. The maximum Gasteiger partial charge on any atom is 0.408 e. The van der Waals surface area contributed by atoms with Crippen LogP contribution in [0, 0.1) is 0 Å². The molecule has 3 heterocycles. The molecule has 4 fully saturated rings. The molecular formula is C65H105N9O30. The van der Waals surface area contributed by atoms with Crippen LogP contribution in [0.15, 0.2) is 5.11 Å². The van der Waals surface area contributed by atoms with Crippen LogP contribution in [0.4, 0.5) is 28.8 Å². The zero-order valence-electron chi connectivity index (χ0n) is 63.4. The molecule has 19 atom stereocenters. The summed E-state index contributed by atoms with van der Waals surface area (Å²) in [4.78, 5) is 167. The first-order valence-corrected chi connectivity index (χ1v) is 33.5. The maximum atomic E-state index is 14.4. The summed E-state index contributed by atoms with van der Waals surface area (Å²) in [6, 6.07) is -6.97. The largest absolute Gasteiger partial charge is 0.457 e. The maximum absolute atomic E-state index is 14.4. The van der Waals surface area contributed by atoms with Gasteiger partial charge in [-0.25, -0.2) is 28.8 Å². The Labute approximate surface area is 602 Å². The molecule has 0 aromatic carbocycles. The van der Waals surface area contributed by atoms with Crippen LogP contribution < -0.4 is 31.9 Å². The number of rotatable bonds is 22. The minimum atomic E-state index is -2.17. The summed E-state index contributed by atoms with van der Waals surface area (Å²) in [5, 5.41) is 19.2. The van der Waals surface area contributed by atoms with Crippen LogP contribution in [0.3, 0.4) is 0 Å². The van der Waals surface area contributed by atoms with Gasteiger partial charge in [0.15, 0.2) is 55.5 Å². The molecule has 3 saturated heterocycles. The lowest BCUT2D eigenvalue weighted by Crippen LogP contribution is -2.71. The Morgan fingerprint density at radius 3 is 0.962 bits per heavy atom. The van der Waals surface area contributed by atoms with E-state index in [9.17, 15) is 63.1 Å². The topological polar surface area (TPSA) is 492 Å². The van der Waals surface area contributed by atoms with Gasteiger partial charge in [-0.05, 0) is 137 Å². The summed E-state index contributed by atoms with van der Waals surface area (Å²) in [5.74, 6) is -6.20. The lowest BCUT2D eigenvalue weighted by molar-refractivity contribution is -0.313. The number of azide groups is 1. The van der Waals surface area contributed by atoms with Gasteiger partial charge in [0.1, 0.15) is 76.2 Å². The Bertz CT molecular complexity index is 3090. The van der Waals surface area contributed by atoms with Gasteiger partial charge in [-0.1, -0.05) is 5.11 Å². The van der Waals surface area contributed by atoms with Crippen molar-refractivity contribution in [3.63, 3.8) is 0 Å². The second kappa shape index (κ2) is 36.5. The van der Waals surface area contributed by atoms with Crippen LogP contribution in [0.25, 0.3) is 10.4 Å². The molecule has 4 aliphatic rings. The highest BCUT2D eigenvalue weighted by Crippen LogP contribution is 2.40. The van der Waals surface area contributed by atoms with E-state index in [1.165, 1.54) is 62.3 Å². The summed E-state index contributed by atoms with van der Waals surface area (Å²) < 4.78 is 109. The molecule has 0 aromatic rings. The molecule has 1 saturated carbocycles. The molecule has 0 spiro atoms. The van der Waals surface area contributed by atoms with E-state index < -0.39 is 248 Å². The predicted octanol–water partition coefficient (Wildman–Crippen LogP) is 5.24. The average molecular weight is 1490 g/mol. The lowest BCUT2D eigenvalue weighted by atomic mass is 9.83. The van der Waals surface area contributed by atoms with Gasteiger partial charge < -0.3 is 117 Å². The number of alkyl carbamates (subject to hydrolysis) is 6. The van der Waals surface area contributed by atoms with Crippen LogP contribution in [0.2, 0.25) is 0 Å². The molecule has 0 bridgehead atoms. The van der Waals surface area contributed by atoms with E-state index in [-0.39, 0.29) is 0 Å². The molecule has 6 amide bonds. The van der Waals surface area contributed by atoms with E-state index >= 15 is 0 Å². The molecule has 590 valence electrons. The third-order valence-electron chi connectivity index (χ3n) is 14.0. The number of nitrogens with zero attached hydrogens (tertiary/aromatic N) is 3. The molecule has 3 aliphatic heterocycles. The van der Waals surface area contributed by atoms with Gasteiger partial charge in [-0.2, -0.15) is 0 Å². The van der Waals surface area contributed by atoms with Crippen LogP contribution in [0.1, 0.15) is 173 Å². The molecule has 0 radical (unpaired) electrons. The SMILES string of the molecule is CC(=O)O[C@@H]1[C@@H](NC(=O)OC(C)(C)C)[C@@H](O[C@H]2[C@@H](OC(C)=O)[C@H](O[C@@H]3[C@@H](OC(C)=O)[C@H](NC(=O)OC(C)(C)C)C[C@H](NC(=O)OC(C)(C)C)[C@H]3O[C@H]3O[C@H](CNC(=O)OC(C)(C)C)[C@@H](OC(C)=O)[C@H](OC(C)=O)[C@H]3NC(=O)OC(C)(C)C)O[C@@H]2CN=[N+]=[N-])O[C@@H](CNC(=O)OC(C)(C)C)[C@H]1OC(C)=O. The van der Waals surface area contributed by atoms with Gasteiger partial charge in [0.2, 0.25) is 0 Å². The standard InChI is InChI=1S/C65H105N9O30/c1-29(75)87-42-35(70-56(83)101-62(13,14)15)25-36(71-57(84)102-63(16,17)18)43(96-51-40(72-58(85)103-64(19,20)21)47(90-32(4)78)44(88-30(2)76)37(93-51)26-67-54(81)99-60(7,8)9)49(42)98-53-50(92-34(6)80)46(39(95-53)28-69-74-66)97-52-41(73-59(86)104-65(22,23)24)48(91-33(5)79)45(89-31(3)77)38(94-52)27-68-55(82)100-61(10,11)12/h35-53H,25-28H2,1-24H3,(H,67,81)(H,68,82)(H,70,83)(H,71,84)(H,72,85)(H,73,86)/t35-,36+,37-,38+,39-,40-,41-,42+,43-,44-,45-,46-,47-,48-,49-,50-,51-,52-,53+/m1/s1. The fraction of sp³-hybridized carbons (Fsp3) is 0.815. The van der Waals surface area contributed by atoms with Crippen molar-refractivity contribution in [1.82, 2.24) is 31.9 Å². The third kappa shape index (κ3) is 29.9. The Morgan fingerprint density at radius 2 is 0.625 bits per heavy atom. The van der Waals surface area contributed by atoms with Crippen molar-refractivity contribution in [2.75, 3.05) is 19.6 Å². The van der Waals surface area contributed by atoms with Gasteiger partial charge >= 0.3 is 72.4 Å². The second-order valence-corrected chi connectivity index (χ2v) is 30.6. The molecule has 104 heavy (non-hydrogen) atoms. The quantitative estimate of drug-likeness (QED) is 0.0265. The Hall–Kier alpha value is -8.49. The van der Waals surface area contributed by atoms with Gasteiger partial charge in [0, 0.05) is 46.5 Å². The van der Waals surface area contributed by atoms with Crippen molar-refractivity contribution in [2.24, 2.45) is 5.11 Å². The highest BCUT2D eigenvalue weighted by Gasteiger charge is 2.61. The monoisotopic (exact) mass is 1490 g/mol. The molecule has 0 unspecified atom stereocenters. The van der Waals surface area contributed by atoms with E-state index in [1.807, 2.05) is 0 Å². The number of hydrogen-bond acceptors (Lipinski definition) is 31. The minimum absolute atomic E-state index is 0.554. The summed E-state index contributed by atoms with van der Waals surface area (Å²) in [6.45, 7) is 31.6. The second-order valence-electron chi connectivity index (χ2n) is 30.6. The van der Waals surface area contributed by atoms with Crippen molar-refractivity contribution in [2.45, 2.75) is 322 Å². The van der Waals surface area contributed by atoms with Crippen LogP contribution >= 0.6 is 0 Å². The fourth-order valence-corrected chi connectivity index (χ4v) is 11.0. The van der Waals surface area contributed by atoms with E-state index in [4.69, 9.17) is 85.3 Å². The summed E-state index contributed by atoms with van der Waals surface area (Å²) in [7, 11) is 0. The summed E-state index contributed by atoms with van der Waals surface area (Å²) >= 11 is 0. The highest BCUT2D eigenvalue weighted by atomic mass is 16.8. The number of esters is 6. The van der Waals surface area contributed by atoms with Crippen molar-refractivity contribution in [3.8, 4) is 0 Å². The number of ether oxygens (including phenoxy) is 18. The Morgan fingerprint density at radius 1 is 0.346 bits per heavy atom. The minimum Gasteiger partial charge on any atom is -0.457 e. The average Bonchev–Trinajstić information content (AvgIpc) is 1.25. The van der Waals surface area contributed by atoms with Gasteiger partial charge in [0.25, 0.3) is 0 Å². The number of carbonyl (C=O) groups excluding carboxylic acids is 12. The van der Waals surface area contributed by atoms with Gasteiger partial charge in [-0.15, -0.1) is 0 Å². The first-order chi connectivity index (χ1) is 47.6. The molecule has 1 aliphatic carbocycles. The number of hydrogen-bond donors (Lipinski definition) is 6. The Kier molecular flexibility index (Phi) is 30.8. The van der Waals surface area contributed by atoms with Crippen LogP contribution in [0.5, 0.6) is 0 Å². The van der Waals surface area contributed by atoms with E-state index in [0.29, 0.717) is 0 Å². The summed E-state index contributed by atoms with van der Waals surface area (Å²) in [6.07, 6.45) is -35.8. The highest BCUT2D eigenvalue weighted by molar-refractivity contribution is 5.73. The zero-order chi connectivity index (χ0) is 79.1. The third-order valence-corrected chi connectivity index (χ3v) is 14.0. The first-order valence-electron chi connectivity index (χ1n) is 33.5. The predicted molar refractivity (Wildman–Crippen MR) is 354 cm³/mol. The smallest absolute Gasteiger partial charge is 0.408 e. The van der Waals surface area contributed by atoms with Crippen molar-refractivity contribution in [1.29, 1.82) is 0 Å². The van der Waals surface area contributed by atoms with E-state index in [2.05, 4.69) is 41.9 Å². The molecule has 0 aromatic heterocycles. The molecule has 39 nitrogen and oxygen atoms in total. The molecule has 39 heteroatoms. The lowest BCUT2D eigenvalue weighted by Gasteiger charge is -2.50. The van der Waals surface area contributed by atoms with Crippen molar-refractivity contribution >= 4 is 72.4 Å². The first kappa shape index (κ1) is 87.9. The zero-order valence-corrected chi connectivity index (χ0v) is 63.4. The number of nitrogens with one attached hydrogen (secondary N) is 6. The molecule has 4 rings (SSSR count). The normalized spacial score (nSPS) is 28.6. The fourth-order valence-electron chi connectivity index (χ4n) is 11.0. The molecule has 6 N–H and O–H groups in total. The van der Waals surface area contributed by atoms with Crippen LogP contribution in [-0.2, 0) is 114 Å². The van der Waals surface area contributed by atoms with E-state index in [1.54, 1.807) is 62.3 Å². The number of carbonyl (C=O) groups is 12. The van der Waals surface area contributed by atoms with Gasteiger partial charge in [0.05, 0.1) is 37.8 Å². The Balaban J connectivity index is 2.18. The van der Waals surface area contributed by atoms with Crippen molar-refractivity contribution < 1.29 is 143 Å². The van der Waals surface area contributed by atoms with Crippen LogP contribution in [-0.4, -0.2) is 242 Å². The molecular weight excluding hydrogens is 1390 g/mol. The number of amides is 6. The van der Waals surface area contributed by atoms with Crippen molar-refractivity contribution in [3.05, 3.63) is 10.4 Å². The van der Waals surface area contributed by atoms with E-state index in [0.717, 1.165) is 41.5 Å².